The molecular weight excluding hydrogens is 236 g/mol. The van der Waals surface area contributed by atoms with Gasteiger partial charge in [-0.25, -0.2) is 4.98 Å². The van der Waals surface area contributed by atoms with Gasteiger partial charge >= 0.3 is 0 Å². The van der Waals surface area contributed by atoms with Crippen LogP contribution in [-0.2, 0) is 4.79 Å². The molecule has 1 aliphatic rings. The third kappa shape index (κ3) is 3.43. The fourth-order valence-corrected chi connectivity index (χ4v) is 3.02. The average molecular weight is 252 g/mol. The summed E-state index contributed by atoms with van der Waals surface area (Å²) in [4.78, 5) is 29.9. The van der Waals surface area contributed by atoms with Gasteiger partial charge < -0.3 is 4.98 Å². The number of hydrogen-bond donors (Lipinski definition) is 1. The summed E-state index contributed by atoms with van der Waals surface area (Å²) in [5.74, 6) is 0.938. The summed E-state index contributed by atoms with van der Waals surface area (Å²) in [5, 5.41) is 0.543. The van der Waals surface area contributed by atoms with E-state index >= 15 is 0 Å². The number of thioether (sulfide) groups is 1. The average Bonchev–Trinajstić information content (AvgIpc) is 2.78. The highest BCUT2D eigenvalue weighted by molar-refractivity contribution is 7.99. The lowest BCUT2D eigenvalue weighted by Crippen LogP contribution is -2.14. The molecule has 0 spiro atoms. The second-order valence-electron chi connectivity index (χ2n) is 4.43. The maximum Gasteiger partial charge on any atom is 0.251 e. The smallest absolute Gasteiger partial charge is 0.251 e. The Morgan fingerprint density at radius 3 is 2.88 bits per heavy atom. The lowest BCUT2D eigenvalue weighted by atomic mass is 10.0. The molecule has 92 valence electrons. The van der Waals surface area contributed by atoms with E-state index in [4.69, 9.17) is 0 Å². The first-order chi connectivity index (χ1) is 8.15. The fraction of sp³-hybridized carbons (Fsp3) is 0.583. The molecule has 2 rings (SSSR count). The summed E-state index contributed by atoms with van der Waals surface area (Å²) in [6, 6.07) is 1.45. The Morgan fingerprint density at radius 1 is 1.53 bits per heavy atom. The van der Waals surface area contributed by atoms with E-state index in [1.807, 2.05) is 0 Å². The topological polar surface area (TPSA) is 62.8 Å². The monoisotopic (exact) mass is 252 g/mol. The van der Waals surface area contributed by atoms with Crippen molar-refractivity contribution in [1.29, 1.82) is 0 Å². The highest BCUT2D eigenvalue weighted by Crippen LogP contribution is 2.27. The first-order valence-electron chi connectivity index (χ1n) is 5.88. The zero-order chi connectivity index (χ0) is 12.3. The van der Waals surface area contributed by atoms with Crippen molar-refractivity contribution in [3.8, 4) is 0 Å². The van der Waals surface area contributed by atoms with Crippen molar-refractivity contribution in [1.82, 2.24) is 9.97 Å². The second-order valence-corrected chi connectivity index (χ2v) is 5.39. The highest BCUT2D eigenvalue weighted by Gasteiger charge is 2.22. The van der Waals surface area contributed by atoms with E-state index in [1.165, 1.54) is 30.7 Å². The molecule has 5 heteroatoms. The van der Waals surface area contributed by atoms with Crippen LogP contribution in [0.5, 0.6) is 0 Å². The van der Waals surface area contributed by atoms with Crippen molar-refractivity contribution < 1.29 is 4.79 Å². The molecule has 1 heterocycles. The Kier molecular flexibility index (Phi) is 3.99. The van der Waals surface area contributed by atoms with Gasteiger partial charge in [-0.3, -0.25) is 9.59 Å². The molecule has 1 aromatic heterocycles. The van der Waals surface area contributed by atoms with Crippen LogP contribution in [-0.4, -0.2) is 21.5 Å². The number of nitrogens with one attached hydrogen (secondary N) is 1. The van der Waals surface area contributed by atoms with E-state index in [1.54, 1.807) is 6.92 Å². The zero-order valence-electron chi connectivity index (χ0n) is 9.86. The molecule has 17 heavy (non-hydrogen) atoms. The predicted octanol–water partition coefficient (Wildman–Crippen LogP) is 1.93. The van der Waals surface area contributed by atoms with Gasteiger partial charge in [0.05, 0.1) is 5.75 Å². The quantitative estimate of drug-likeness (QED) is 0.657. The maximum absolute atomic E-state index is 11.8. The van der Waals surface area contributed by atoms with E-state index in [9.17, 15) is 9.59 Å². The number of nitrogens with zero attached hydrogens (tertiary/aromatic N) is 1. The minimum Gasteiger partial charge on any atom is -0.301 e. The lowest BCUT2D eigenvalue weighted by Gasteiger charge is -2.06. The number of hydrogen-bond acceptors (Lipinski definition) is 4. The van der Waals surface area contributed by atoms with Gasteiger partial charge in [0.15, 0.2) is 5.16 Å². The summed E-state index contributed by atoms with van der Waals surface area (Å²) >= 11 is 1.33. The lowest BCUT2D eigenvalue weighted by molar-refractivity contribution is -0.120. The number of Topliss-reactive ketones (excluding diaryl/α,β-unsaturated/α-hetero) is 1. The molecule has 0 bridgehead atoms. The van der Waals surface area contributed by atoms with Crippen LogP contribution in [0.1, 0.15) is 31.4 Å². The van der Waals surface area contributed by atoms with E-state index in [0.29, 0.717) is 16.6 Å². The molecule has 0 aliphatic heterocycles. The SMILES string of the molecule is Cc1cc(=O)[nH]c(SCC(=O)C2CCCC2)n1. The third-order valence-corrected chi connectivity index (χ3v) is 3.91. The van der Waals surface area contributed by atoms with Gasteiger partial charge in [0.1, 0.15) is 5.78 Å². The van der Waals surface area contributed by atoms with Crippen LogP contribution in [0.3, 0.4) is 0 Å². The van der Waals surface area contributed by atoms with Crippen LogP contribution in [0.2, 0.25) is 0 Å². The Hall–Kier alpha value is -1.10. The maximum atomic E-state index is 11.8. The van der Waals surface area contributed by atoms with Crippen molar-refractivity contribution in [3.05, 3.63) is 22.1 Å². The summed E-state index contributed by atoms with van der Waals surface area (Å²) in [7, 11) is 0. The molecule has 1 N–H and O–H groups in total. The van der Waals surface area contributed by atoms with Crippen molar-refractivity contribution in [2.45, 2.75) is 37.8 Å². The van der Waals surface area contributed by atoms with E-state index < -0.39 is 0 Å². The molecule has 0 unspecified atom stereocenters. The molecular formula is C12H16N2O2S. The highest BCUT2D eigenvalue weighted by atomic mass is 32.2. The van der Waals surface area contributed by atoms with Crippen LogP contribution >= 0.6 is 11.8 Å². The second kappa shape index (κ2) is 5.49. The molecule has 1 saturated carbocycles. The zero-order valence-corrected chi connectivity index (χ0v) is 10.7. The van der Waals surface area contributed by atoms with Crippen LogP contribution in [0, 0.1) is 12.8 Å². The summed E-state index contributed by atoms with van der Waals surface area (Å²) in [6.07, 6.45) is 4.38. The number of carbonyl (C=O) groups excluding carboxylic acids is 1. The van der Waals surface area contributed by atoms with Gasteiger partial charge in [-0.2, -0.15) is 0 Å². The molecule has 1 aliphatic carbocycles. The van der Waals surface area contributed by atoms with Crippen LogP contribution in [0.25, 0.3) is 0 Å². The molecule has 0 saturated heterocycles. The number of rotatable bonds is 4. The molecule has 4 nitrogen and oxygen atoms in total. The first kappa shape index (κ1) is 12.4. The van der Waals surface area contributed by atoms with Crippen molar-refractivity contribution in [2.24, 2.45) is 5.92 Å². The third-order valence-electron chi connectivity index (χ3n) is 3.01. The van der Waals surface area contributed by atoms with Crippen molar-refractivity contribution in [2.75, 3.05) is 5.75 Å². The summed E-state index contributed by atoms with van der Waals surface area (Å²) in [5.41, 5.74) is 0.526. The normalized spacial score (nSPS) is 16.3. The van der Waals surface area contributed by atoms with E-state index in [2.05, 4.69) is 9.97 Å². The molecule has 0 aromatic carbocycles. The number of aromatic amines is 1. The fourth-order valence-electron chi connectivity index (χ4n) is 2.13. The number of carbonyl (C=O) groups is 1. The van der Waals surface area contributed by atoms with Gasteiger partial charge in [-0.15, -0.1) is 0 Å². The Morgan fingerprint density at radius 2 is 2.24 bits per heavy atom. The molecule has 0 radical (unpaired) electrons. The molecule has 1 aromatic rings. The summed E-state index contributed by atoms with van der Waals surface area (Å²) in [6.45, 7) is 1.78. The molecule has 1 fully saturated rings. The molecule has 0 amide bonds. The van der Waals surface area contributed by atoms with Gasteiger partial charge in [0, 0.05) is 17.7 Å². The first-order valence-corrected chi connectivity index (χ1v) is 6.87. The minimum atomic E-state index is -0.159. The van der Waals surface area contributed by atoms with Crippen molar-refractivity contribution >= 4 is 17.5 Å². The van der Waals surface area contributed by atoms with Crippen molar-refractivity contribution in [3.63, 3.8) is 0 Å². The number of H-pyrrole nitrogens is 1. The standard InChI is InChI=1S/C12H16N2O2S/c1-8-6-11(16)14-12(13-8)17-7-10(15)9-4-2-3-5-9/h6,9H,2-5,7H2,1H3,(H,13,14,16). The van der Waals surface area contributed by atoms with Crippen LogP contribution < -0.4 is 5.56 Å². The van der Waals surface area contributed by atoms with Gasteiger partial charge in [0.2, 0.25) is 0 Å². The largest absolute Gasteiger partial charge is 0.301 e. The number of aryl methyl sites for hydroxylation is 1. The van der Waals surface area contributed by atoms with E-state index in [0.717, 1.165) is 12.8 Å². The number of aromatic nitrogens is 2. The van der Waals surface area contributed by atoms with Gasteiger partial charge in [-0.1, -0.05) is 24.6 Å². The van der Waals surface area contributed by atoms with Gasteiger partial charge in [-0.05, 0) is 19.8 Å². The Labute approximate surface area is 104 Å². The summed E-state index contributed by atoms with van der Waals surface area (Å²) < 4.78 is 0. The van der Waals surface area contributed by atoms with Crippen LogP contribution in [0.4, 0.5) is 0 Å². The predicted molar refractivity (Wildman–Crippen MR) is 67.3 cm³/mol. The minimum absolute atomic E-state index is 0.159. The van der Waals surface area contributed by atoms with E-state index in [-0.39, 0.29) is 17.3 Å². The Balaban J connectivity index is 1.92. The number of ketones is 1. The van der Waals surface area contributed by atoms with Gasteiger partial charge in [0.25, 0.3) is 5.56 Å². The Bertz CT molecular complexity index is 464. The molecule has 0 atom stereocenters. The van der Waals surface area contributed by atoms with Crippen LogP contribution in [0.15, 0.2) is 16.0 Å².